The predicted molar refractivity (Wildman–Crippen MR) is 158 cm³/mol. The van der Waals surface area contributed by atoms with Crippen LogP contribution >= 0.6 is 11.6 Å². The first kappa shape index (κ1) is 27.9. The molecule has 0 radical (unpaired) electrons. The fraction of sp³-hybridized carbons (Fsp3) is 0.452. The summed E-state index contributed by atoms with van der Waals surface area (Å²) >= 11 is 5.97. The maximum atomic E-state index is 13.7. The molecule has 3 aromatic rings. The number of carbonyl (C=O) groups excluding carboxylic acids is 1. The highest BCUT2D eigenvalue weighted by Crippen LogP contribution is 2.36. The Labute approximate surface area is 244 Å². The summed E-state index contributed by atoms with van der Waals surface area (Å²) in [4.78, 5) is 24.2. The smallest absolute Gasteiger partial charge is 0.248 e. The first-order valence-electron chi connectivity index (χ1n) is 14.4. The van der Waals surface area contributed by atoms with Gasteiger partial charge >= 0.3 is 0 Å². The Kier molecular flexibility index (Phi) is 8.64. The molecule has 10 heteroatoms. The molecule has 2 aromatic carbocycles. The Bertz CT molecular complexity index is 1420. The summed E-state index contributed by atoms with van der Waals surface area (Å²) in [5, 5.41) is 6.88. The van der Waals surface area contributed by atoms with Gasteiger partial charge in [-0.05, 0) is 87.2 Å². The predicted octanol–water partition coefficient (Wildman–Crippen LogP) is 6.20. The summed E-state index contributed by atoms with van der Waals surface area (Å²) in [6.45, 7) is 5.25. The van der Waals surface area contributed by atoms with Gasteiger partial charge < -0.3 is 20.1 Å². The van der Waals surface area contributed by atoms with E-state index in [-0.39, 0.29) is 10.9 Å². The molecule has 1 atom stereocenters. The molecule has 41 heavy (non-hydrogen) atoms. The van der Waals surface area contributed by atoms with Gasteiger partial charge in [0, 0.05) is 43.0 Å². The van der Waals surface area contributed by atoms with Crippen LogP contribution in [0.4, 0.5) is 21.6 Å². The highest BCUT2D eigenvalue weighted by Gasteiger charge is 2.29. The van der Waals surface area contributed by atoms with Crippen LogP contribution in [0, 0.1) is 23.6 Å². The third kappa shape index (κ3) is 7.15. The van der Waals surface area contributed by atoms with Crippen LogP contribution in [-0.4, -0.2) is 60.2 Å². The maximum absolute atomic E-state index is 13.7. The number of nitrogens with zero attached hydrogens (tertiary/aromatic N) is 3. The van der Waals surface area contributed by atoms with Gasteiger partial charge in [-0.15, -0.1) is 0 Å². The molecular weight excluding hydrogens is 545 g/mol. The Hall–Kier alpha value is -3.27. The Morgan fingerprint density at radius 2 is 1.98 bits per heavy atom. The molecule has 2 N–H and O–H groups in total. The van der Waals surface area contributed by atoms with Crippen LogP contribution in [0.15, 0.2) is 48.8 Å². The van der Waals surface area contributed by atoms with Crippen LogP contribution in [0.25, 0.3) is 10.9 Å². The molecule has 216 valence electrons. The Morgan fingerprint density at radius 1 is 1.12 bits per heavy atom. The van der Waals surface area contributed by atoms with Crippen molar-refractivity contribution in [2.75, 3.05) is 50.1 Å². The quantitative estimate of drug-likeness (QED) is 0.277. The molecule has 1 unspecified atom stereocenters. The number of carbonyl (C=O) groups is 1. The van der Waals surface area contributed by atoms with Crippen molar-refractivity contribution in [3.05, 3.63) is 59.7 Å². The zero-order valence-corrected chi connectivity index (χ0v) is 23.7. The van der Waals surface area contributed by atoms with E-state index in [9.17, 15) is 9.18 Å². The van der Waals surface area contributed by atoms with Crippen molar-refractivity contribution >= 4 is 45.6 Å². The molecule has 1 saturated carbocycles. The first-order valence-corrected chi connectivity index (χ1v) is 14.8. The molecule has 8 nitrogen and oxygen atoms in total. The van der Waals surface area contributed by atoms with E-state index in [4.69, 9.17) is 21.1 Å². The van der Waals surface area contributed by atoms with Crippen LogP contribution < -0.4 is 15.4 Å². The zero-order valence-electron chi connectivity index (χ0n) is 23.0. The summed E-state index contributed by atoms with van der Waals surface area (Å²) in [7, 11) is 0. The molecule has 1 aromatic heterocycles. The number of ether oxygens (including phenoxy) is 2. The minimum Gasteiger partial charge on any atom is -0.491 e. The second-order valence-corrected chi connectivity index (χ2v) is 11.7. The zero-order chi connectivity index (χ0) is 28.2. The van der Waals surface area contributed by atoms with Crippen molar-refractivity contribution in [2.45, 2.75) is 32.1 Å². The number of aromatic nitrogens is 2. The van der Waals surface area contributed by atoms with Gasteiger partial charge in [0.05, 0.1) is 22.8 Å². The number of hydrogen-bond acceptors (Lipinski definition) is 7. The van der Waals surface area contributed by atoms with E-state index in [1.165, 1.54) is 37.7 Å². The largest absolute Gasteiger partial charge is 0.491 e. The van der Waals surface area contributed by atoms with Gasteiger partial charge in [-0.3, -0.25) is 9.69 Å². The standard InChI is InChI=1S/C31H35ClFN5O3/c32-25-14-23(5-6-26(25)33)36-31-24-15-28(29(41-17-20-3-4-20)16-27(24)34-19-35-31)37-30(39)2-1-10-38-11-7-21(8-12-38)22-9-13-40-18-22/h1-2,5-6,14-16,19-22H,3-4,7-13,17-18H2,(H,37,39)(H,34,35,36)/b2-1+. The van der Waals surface area contributed by atoms with E-state index < -0.39 is 5.82 Å². The number of nitrogens with one attached hydrogen (secondary N) is 2. The number of benzene rings is 2. The van der Waals surface area contributed by atoms with E-state index in [2.05, 4.69) is 25.5 Å². The monoisotopic (exact) mass is 579 g/mol. The molecule has 0 spiro atoms. The van der Waals surface area contributed by atoms with Crippen LogP contribution in [-0.2, 0) is 9.53 Å². The fourth-order valence-electron chi connectivity index (χ4n) is 5.62. The minimum atomic E-state index is -0.496. The van der Waals surface area contributed by atoms with E-state index >= 15 is 0 Å². The van der Waals surface area contributed by atoms with Gasteiger partial charge in [0.1, 0.15) is 23.7 Å². The molecule has 3 heterocycles. The topological polar surface area (TPSA) is 88.6 Å². The Morgan fingerprint density at radius 3 is 2.73 bits per heavy atom. The van der Waals surface area contributed by atoms with Crippen molar-refractivity contribution in [3.63, 3.8) is 0 Å². The average Bonchev–Trinajstić information content (AvgIpc) is 3.64. The molecule has 3 aliphatic rings. The summed E-state index contributed by atoms with van der Waals surface area (Å²) in [6.07, 6.45) is 10.8. The average molecular weight is 580 g/mol. The SMILES string of the molecule is O=C(/C=C/CN1CCC(C2CCOC2)CC1)Nc1cc2c(Nc3ccc(F)c(Cl)c3)ncnc2cc1OCC1CC1. The highest BCUT2D eigenvalue weighted by atomic mass is 35.5. The fourth-order valence-corrected chi connectivity index (χ4v) is 5.80. The molecular formula is C31H35ClFN5O3. The lowest BCUT2D eigenvalue weighted by Crippen LogP contribution is -2.36. The highest BCUT2D eigenvalue weighted by molar-refractivity contribution is 6.31. The molecule has 2 aliphatic heterocycles. The molecule has 1 amide bonds. The van der Waals surface area contributed by atoms with Gasteiger partial charge in [0.25, 0.3) is 0 Å². The van der Waals surface area contributed by atoms with Gasteiger partial charge in [-0.25, -0.2) is 14.4 Å². The van der Waals surface area contributed by atoms with Gasteiger partial charge in [-0.2, -0.15) is 0 Å². The molecule has 0 bridgehead atoms. The maximum Gasteiger partial charge on any atom is 0.248 e. The van der Waals surface area contributed by atoms with Crippen molar-refractivity contribution in [3.8, 4) is 5.75 Å². The van der Waals surface area contributed by atoms with Crippen molar-refractivity contribution in [1.29, 1.82) is 0 Å². The van der Waals surface area contributed by atoms with Crippen LogP contribution in [0.1, 0.15) is 32.1 Å². The normalized spacial score (nSPS) is 20.1. The molecule has 1 aliphatic carbocycles. The number of amides is 1. The van der Waals surface area contributed by atoms with Crippen molar-refractivity contribution in [2.24, 2.45) is 17.8 Å². The van der Waals surface area contributed by atoms with E-state index in [1.807, 2.05) is 18.2 Å². The molecule has 6 rings (SSSR count). The minimum absolute atomic E-state index is 0.0108. The lowest BCUT2D eigenvalue weighted by molar-refractivity contribution is -0.111. The van der Waals surface area contributed by atoms with E-state index in [0.29, 0.717) is 52.3 Å². The third-order valence-corrected chi connectivity index (χ3v) is 8.53. The Balaban J connectivity index is 1.14. The number of piperidine rings is 1. The number of rotatable bonds is 10. The number of hydrogen-bond donors (Lipinski definition) is 2. The lowest BCUT2D eigenvalue weighted by atomic mass is 9.84. The molecule has 2 saturated heterocycles. The third-order valence-electron chi connectivity index (χ3n) is 8.24. The number of anilines is 3. The number of fused-ring (bicyclic) bond motifs is 1. The van der Waals surface area contributed by atoms with Crippen LogP contribution in [0.2, 0.25) is 5.02 Å². The van der Waals surface area contributed by atoms with Crippen molar-refractivity contribution in [1.82, 2.24) is 14.9 Å². The summed E-state index contributed by atoms with van der Waals surface area (Å²) in [5.74, 6) is 2.37. The van der Waals surface area contributed by atoms with Gasteiger partial charge in [0.2, 0.25) is 5.91 Å². The van der Waals surface area contributed by atoms with E-state index in [0.717, 1.165) is 51.6 Å². The number of halogens is 2. The summed E-state index contributed by atoms with van der Waals surface area (Å²) in [5.41, 5.74) is 1.78. The van der Waals surface area contributed by atoms with E-state index in [1.54, 1.807) is 12.1 Å². The second-order valence-electron chi connectivity index (χ2n) is 11.2. The summed E-state index contributed by atoms with van der Waals surface area (Å²) in [6, 6.07) is 8.01. The summed E-state index contributed by atoms with van der Waals surface area (Å²) < 4.78 is 25.3. The molecule has 3 fully saturated rings. The van der Waals surface area contributed by atoms with Crippen LogP contribution in [0.3, 0.4) is 0 Å². The van der Waals surface area contributed by atoms with Gasteiger partial charge in [-0.1, -0.05) is 17.7 Å². The first-order chi connectivity index (χ1) is 20.0. The van der Waals surface area contributed by atoms with Gasteiger partial charge in [0.15, 0.2) is 0 Å². The van der Waals surface area contributed by atoms with Crippen LogP contribution in [0.5, 0.6) is 5.75 Å². The number of likely N-dealkylation sites (tertiary alicyclic amines) is 1. The lowest BCUT2D eigenvalue weighted by Gasteiger charge is -2.33. The van der Waals surface area contributed by atoms with Crippen molar-refractivity contribution < 1.29 is 18.7 Å². The second kappa shape index (κ2) is 12.7.